The predicted octanol–water partition coefficient (Wildman–Crippen LogP) is 2.78. The summed E-state index contributed by atoms with van der Waals surface area (Å²) in [4.78, 5) is 22.6. The standard InChI is InChI=1S/C13H15F3N2O3/c1-8-3-4-10(9(2)5-8)17-12(21)18(6-11(19)20)7-13(14,15)16/h3-5H,6-7H2,1-2H3,(H,17,21)(H,19,20). The van der Waals surface area contributed by atoms with Crippen molar-refractivity contribution in [2.75, 3.05) is 18.4 Å². The summed E-state index contributed by atoms with van der Waals surface area (Å²) in [5.41, 5.74) is 1.94. The van der Waals surface area contributed by atoms with Gasteiger partial charge >= 0.3 is 18.2 Å². The quantitative estimate of drug-likeness (QED) is 0.898. The number of carbonyl (C=O) groups is 2. The van der Waals surface area contributed by atoms with E-state index in [1.54, 1.807) is 25.1 Å². The van der Waals surface area contributed by atoms with Gasteiger partial charge in [-0.1, -0.05) is 17.7 Å². The Morgan fingerprint density at radius 3 is 2.38 bits per heavy atom. The number of amides is 2. The van der Waals surface area contributed by atoms with Crippen molar-refractivity contribution in [3.05, 3.63) is 29.3 Å². The number of nitrogens with one attached hydrogen (secondary N) is 1. The van der Waals surface area contributed by atoms with Gasteiger partial charge in [0.1, 0.15) is 13.1 Å². The van der Waals surface area contributed by atoms with E-state index in [2.05, 4.69) is 5.32 Å². The third-order valence-electron chi connectivity index (χ3n) is 2.61. The van der Waals surface area contributed by atoms with Crippen LogP contribution in [0.3, 0.4) is 0 Å². The molecule has 1 aromatic rings. The van der Waals surface area contributed by atoms with E-state index in [0.29, 0.717) is 11.3 Å². The number of alkyl halides is 3. The molecule has 0 aliphatic heterocycles. The largest absolute Gasteiger partial charge is 0.480 e. The number of nitrogens with zero attached hydrogens (tertiary/aromatic N) is 1. The first-order chi connectivity index (χ1) is 9.58. The van der Waals surface area contributed by atoms with E-state index in [9.17, 15) is 22.8 Å². The molecule has 0 aromatic heterocycles. The van der Waals surface area contributed by atoms with Crippen LogP contribution >= 0.6 is 0 Å². The van der Waals surface area contributed by atoms with Crippen LogP contribution in [0.2, 0.25) is 0 Å². The first-order valence-corrected chi connectivity index (χ1v) is 6.00. The molecule has 0 fully saturated rings. The van der Waals surface area contributed by atoms with Crippen LogP contribution in [0.1, 0.15) is 11.1 Å². The molecule has 2 amide bonds. The van der Waals surface area contributed by atoms with E-state index in [1.165, 1.54) is 0 Å². The Kier molecular flexibility index (Phi) is 5.17. The lowest BCUT2D eigenvalue weighted by atomic mass is 10.1. The van der Waals surface area contributed by atoms with E-state index in [4.69, 9.17) is 5.11 Å². The highest BCUT2D eigenvalue weighted by Gasteiger charge is 2.34. The maximum Gasteiger partial charge on any atom is 0.406 e. The van der Waals surface area contributed by atoms with Gasteiger partial charge in [-0.15, -0.1) is 0 Å². The van der Waals surface area contributed by atoms with Crippen LogP contribution in [-0.4, -0.2) is 41.3 Å². The van der Waals surface area contributed by atoms with Gasteiger partial charge in [0, 0.05) is 5.69 Å². The van der Waals surface area contributed by atoms with Gasteiger partial charge in [0.15, 0.2) is 0 Å². The monoisotopic (exact) mass is 304 g/mol. The highest BCUT2D eigenvalue weighted by molar-refractivity contribution is 5.92. The number of carboxylic acid groups (broad SMARTS) is 1. The van der Waals surface area contributed by atoms with Gasteiger partial charge in [-0.25, -0.2) is 4.79 Å². The first kappa shape index (κ1) is 16.8. The number of aryl methyl sites for hydroxylation is 2. The molecule has 0 unspecified atom stereocenters. The third-order valence-corrected chi connectivity index (χ3v) is 2.61. The molecular weight excluding hydrogens is 289 g/mol. The Morgan fingerprint density at radius 1 is 1.29 bits per heavy atom. The fourth-order valence-corrected chi connectivity index (χ4v) is 1.73. The average Bonchev–Trinajstić information content (AvgIpc) is 2.29. The second kappa shape index (κ2) is 6.47. The lowest BCUT2D eigenvalue weighted by molar-refractivity contribution is -0.148. The van der Waals surface area contributed by atoms with Crippen molar-refractivity contribution >= 4 is 17.7 Å². The Hall–Kier alpha value is -2.25. The van der Waals surface area contributed by atoms with Gasteiger partial charge in [-0.2, -0.15) is 13.2 Å². The number of aliphatic carboxylic acids is 1. The second-order valence-corrected chi connectivity index (χ2v) is 4.61. The van der Waals surface area contributed by atoms with E-state index in [-0.39, 0.29) is 4.90 Å². The van der Waals surface area contributed by atoms with Crippen molar-refractivity contribution in [3.63, 3.8) is 0 Å². The minimum atomic E-state index is -4.67. The summed E-state index contributed by atoms with van der Waals surface area (Å²) in [5.74, 6) is -1.52. The molecule has 0 radical (unpaired) electrons. The molecule has 8 heteroatoms. The smallest absolute Gasteiger partial charge is 0.406 e. The van der Waals surface area contributed by atoms with Gasteiger partial charge in [-0.3, -0.25) is 4.79 Å². The van der Waals surface area contributed by atoms with Gasteiger partial charge in [0.05, 0.1) is 0 Å². The van der Waals surface area contributed by atoms with Crippen molar-refractivity contribution in [1.29, 1.82) is 0 Å². The molecule has 0 saturated heterocycles. The van der Waals surface area contributed by atoms with Gasteiger partial charge < -0.3 is 15.3 Å². The van der Waals surface area contributed by atoms with Crippen LogP contribution in [0.25, 0.3) is 0 Å². The molecule has 5 nitrogen and oxygen atoms in total. The lowest BCUT2D eigenvalue weighted by Crippen LogP contribution is -2.44. The molecule has 0 atom stereocenters. The number of hydrogen-bond donors (Lipinski definition) is 2. The van der Waals surface area contributed by atoms with Crippen LogP contribution in [0, 0.1) is 13.8 Å². The van der Waals surface area contributed by atoms with Crippen LogP contribution in [0.5, 0.6) is 0 Å². The number of carboxylic acids is 1. The Labute approximate surface area is 119 Å². The summed E-state index contributed by atoms with van der Waals surface area (Å²) in [6.07, 6.45) is -4.67. The number of urea groups is 1. The van der Waals surface area contributed by atoms with Crippen molar-refractivity contribution in [1.82, 2.24) is 4.90 Å². The summed E-state index contributed by atoms with van der Waals surface area (Å²) in [5, 5.41) is 10.9. The zero-order chi connectivity index (χ0) is 16.2. The molecule has 1 aromatic carbocycles. The molecule has 0 aliphatic carbocycles. The fourth-order valence-electron chi connectivity index (χ4n) is 1.73. The zero-order valence-corrected chi connectivity index (χ0v) is 11.5. The summed E-state index contributed by atoms with van der Waals surface area (Å²) in [6, 6.07) is 3.88. The predicted molar refractivity (Wildman–Crippen MR) is 70.2 cm³/mol. The number of rotatable bonds is 4. The minimum absolute atomic E-state index is 0.196. The summed E-state index contributed by atoms with van der Waals surface area (Å²) >= 11 is 0. The Balaban J connectivity index is 2.87. The summed E-state index contributed by atoms with van der Waals surface area (Å²) in [7, 11) is 0. The molecular formula is C13H15F3N2O3. The van der Waals surface area contributed by atoms with Crippen LogP contribution < -0.4 is 5.32 Å². The minimum Gasteiger partial charge on any atom is -0.480 e. The third kappa shape index (κ3) is 5.72. The topological polar surface area (TPSA) is 69.6 Å². The molecule has 0 spiro atoms. The van der Waals surface area contributed by atoms with Crippen LogP contribution in [-0.2, 0) is 4.79 Å². The molecule has 2 N–H and O–H groups in total. The maximum absolute atomic E-state index is 12.4. The summed E-state index contributed by atoms with van der Waals surface area (Å²) in [6.45, 7) is 0.860. The average molecular weight is 304 g/mol. The molecule has 116 valence electrons. The molecule has 21 heavy (non-hydrogen) atoms. The lowest BCUT2D eigenvalue weighted by Gasteiger charge is -2.23. The number of anilines is 1. The summed E-state index contributed by atoms with van der Waals surface area (Å²) < 4.78 is 37.1. The van der Waals surface area contributed by atoms with Crippen LogP contribution in [0.15, 0.2) is 18.2 Å². The van der Waals surface area contributed by atoms with Crippen molar-refractivity contribution in [3.8, 4) is 0 Å². The van der Waals surface area contributed by atoms with Gasteiger partial charge in [0.2, 0.25) is 0 Å². The Bertz CT molecular complexity index is 544. The van der Waals surface area contributed by atoms with Crippen molar-refractivity contribution in [2.45, 2.75) is 20.0 Å². The first-order valence-electron chi connectivity index (χ1n) is 6.00. The van der Waals surface area contributed by atoms with E-state index >= 15 is 0 Å². The van der Waals surface area contributed by atoms with Crippen molar-refractivity contribution in [2.24, 2.45) is 0 Å². The fraction of sp³-hybridized carbons (Fsp3) is 0.385. The van der Waals surface area contributed by atoms with Gasteiger partial charge in [0.25, 0.3) is 0 Å². The van der Waals surface area contributed by atoms with Gasteiger partial charge in [-0.05, 0) is 25.5 Å². The Morgan fingerprint density at radius 2 is 1.90 bits per heavy atom. The molecule has 0 aliphatic rings. The van der Waals surface area contributed by atoms with Crippen molar-refractivity contribution < 1.29 is 27.9 Å². The number of hydrogen-bond acceptors (Lipinski definition) is 2. The molecule has 0 bridgehead atoms. The maximum atomic E-state index is 12.4. The van der Waals surface area contributed by atoms with E-state index < -0.39 is 31.3 Å². The SMILES string of the molecule is Cc1ccc(NC(=O)N(CC(=O)O)CC(F)(F)F)c(C)c1. The van der Waals surface area contributed by atoms with E-state index in [0.717, 1.165) is 5.56 Å². The second-order valence-electron chi connectivity index (χ2n) is 4.61. The normalized spacial score (nSPS) is 11.1. The number of carbonyl (C=O) groups excluding carboxylic acids is 1. The van der Waals surface area contributed by atoms with E-state index in [1.807, 2.05) is 6.92 Å². The molecule has 0 heterocycles. The number of benzene rings is 1. The zero-order valence-electron chi connectivity index (χ0n) is 11.5. The molecule has 1 rings (SSSR count). The van der Waals surface area contributed by atoms with Crippen LogP contribution in [0.4, 0.5) is 23.7 Å². The number of halogens is 3. The highest BCUT2D eigenvalue weighted by atomic mass is 19.4. The highest BCUT2D eigenvalue weighted by Crippen LogP contribution is 2.19. The molecule has 0 saturated carbocycles.